The zero-order chi connectivity index (χ0) is 13.7. The first-order chi connectivity index (χ1) is 9.81. The van der Waals surface area contributed by atoms with Crippen molar-refractivity contribution >= 4 is 22.6 Å². The van der Waals surface area contributed by atoms with Crippen LogP contribution in [0.4, 0.5) is 0 Å². The van der Waals surface area contributed by atoms with Gasteiger partial charge in [-0.05, 0) is 31.0 Å². The predicted octanol–water partition coefficient (Wildman–Crippen LogP) is 2.25. The van der Waals surface area contributed by atoms with E-state index in [0.29, 0.717) is 11.7 Å². The lowest BCUT2D eigenvalue weighted by atomic mass is 9.95. The van der Waals surface area contributed by atoms with Gasteiger partial charge in [-0.2, -0.15) is 0 Å². The number of benzene rings is 1. The molecule has 1 aromatic carbocycles. The van der Waals surface area contributed by atoms with E-state index in [-0.39, 0.29) is 5.97 Å². The third kappa shape index (κ3) is 1.42. The van der Waals surface area contributed by atoms with Gasteiger partial charge in [0.05, 0.1) is 18.7 Å². The number of nitrogens with zero attached hydrogens (tertiary/aromatic N) is 1. The second kappa shape index (κ2) is 4.21. The van der Waals surface area contributed by atoms with Crippen molar-refractivity contribution in [2.24, 2.45) is 0 Å². The smallest absolute Gasteiger partial charge is 0.354 e. The van der Waals surface area contributed by atoms with E-state index in [1.165, 1.54) is 23.8 Å². The standard InChI is InChI=1S/C16H16N2O2/c1-20-16(19)14-7-6-12-15-11(8-9-17-12)10-4-2-3-5-13(10)18(14)15/h2-5,7,12,17H,6,8-9H2,1H3/t12-/m1/s1. The molecule has 0 bridgehead atoms. The quantitative estimate of drug-likeness (QED) is 0.807. The van der Waals surface area contributed by atoms with Gasteiger partial charge in [-0.1, -0.05) is 24.3 Å². The largest absolute Gasteiger partial charge is 0.464 e. The van der Waals surface area contributed by atoms with Gasteiger partial charge in [0.25, 0.3) is 0 Å². The van der Waals surface area contributed by atoms with Gasteiger partial charge in [-0.25, -0.2) is 4.79 Å². The molecule has 0 saturated carbocycles. The molecule has 1 atom stereocenters. The Bertz CT molecular complexity index is 742. The summed E-state index contributed by atoms with van der Waals surface area (Å²) >= 11 is 0. The fourth-order valence-corrected chi connectivity index (χ4v) is 3.48. The molecular formula is C16H16N2O2. The minimum atomic E-state index is -0.266. The summed E-state index contributed by atoms with van der Waals surface area (Å²) in [6.07, 6.45) is 3.83. The number of fused-ring (bicyclic) bond motifs is 3. The van der Waals surface area contributed by atoms with Crippen LogP contribution in [-0.4, -0.2) is 24.2 Å². The fraction of sp³-hybridized carbons (Fsp3) is 0.312. The van der Waals surface area contributed by atoms with Gasteiger partial charge in [0.2, 0.25) is 0 Å². The third-order valence-electron chi connectivity index (χ3n) is 4.30. The molecule has 4 nitrogen and oxygen atoms in total. The highest BCUT2D eigenvalue weighted by Gasteiger charge is 2.32. The normalized spacial score (nSPS) is 20.4. The monoisotopic (exact) mass is 268 g/mol. The van der Waals surface area contributed by atoms with E-state index in [2.05, 4.69) is 28.1 Å². The Kier molecular flexibility index (Phi) is 2.47. The molecule has 0 aliphatic carbocycles. The lowest BCUT2D eigenvalue weighted by molar-refractivity contribution is -0.134. The van der Waals surface area contributed by atoms with Crippen molar-refractivity contribution < 1.29 is 9.53 Å². The maximum absolute atomic E-state index is 12.1. The van der Waals surface area contributed by atoms with Crippen LogP contribution >= 0.6 is 0 Å². The molecule has 102 valence electrons. The highest BCUT2D eigenvalue weighted by atomic mass is 16.5. The van der Waals surface area contributed by atoms with E-state index < -0.39 is 0 Å². The molecule has 0 fully saturated rings. The van der Waals surface area contributed by atoms with Crippen molar-refractivity contribution in [2.75, 3.05) is 13.7 Å². The Labute approximate surface area is 117 Å². The Morgan fingerprint density at radius 3 is 3.10 bits per heavy atom. The molecule has 4 rings (SSSR count). The Balaban J connectivity index is 2.07. The summed E-state index contributed by atoms with van der Waals surface area (Å²) in [5.74, 6) is -0.266. The third-order valence-corrected chi connectivity index (χ3v) is 4.30. The second-order valence-corrected chi connectivity index (χ2v) is 5.29. The van der Waals surface area contributed by atoms with Crippen molar-refractivity contribution in [3.05, 3.63) is 41.6 Å². The summed E-state index contributed by atoms with van der Waals surface area (Å²) in [7, 11) is 1.44. The summed E-state index contributed by atoms with van der Waals surface area (Å²) in [6, 6.07) is 8.60. The van der Waals surface area contributed by atoms with Crippen LogP contribution in [0.3, 0.4) is 0 Å². The average molecular weight is 268 g/mol. The van der Waals surface area contributed by atoms with Crippen LogP contribution in [0.5, 0.6) is 0 Å². The van der Waals surface area contributed by atoms with Crippen molar-refractivity contribution in [1.82, 2.24) is 9.88 Å². The van der Waals surface area contributed by atoms with Gasteiger partial charge in [-0.15, -0.1) is 0 Å². The highest BCUT2D eigenvalue weighted by Crippen LogP contribution is 2.39. The maximum atomic E-state index is 12.1. The molecule has 0 saturated heterocycles. The van der Waals surface area contributed by atoms with Crippen molar-refractivity contribution in [2.45, 2.75) is 18.9 Å². The molecule has 4 heteroatoms. The molecule has 1 aromatic heterocycles. The topological polar surface area (TPSA) is 43.3 Å². The minimum absolute atomic E-state index is 0.266. The summed E-state index contributed by atoms with van der Waals surface area (Å²) < 4.78 is 7.02. The molecule has 0 unspecified atom stereocenters. The molecule has 0 amide bonds. The molecule has 2 aliphatic rings. The number of rotatable bonds is 1. The number of carbonyl (C=O) groups is 1. The van der Waals surface area contributed by atoms with Gasteiger partial charge in [-0.3, -0.25) is 0 Å². The lowest BCUT2D eigenvalue weighted by Gasteiger charge is -2.30. The summed E-state index contributed by atoms with van der Waals surface area (Å²) in [5.41, 5.74) is 4.35. The van der Waals surface area contributed by atoms with E-state index in [4.69, 9.17) is 4.74 Å². The van der Waals surface area contributed by atoms with E-state index in [1.54, 1.807) is 0 Å². The van der Waals surface area contributed by atoms with Crippen LogP contribution in [0.2, 0.25) is 0 Å². The number of methoxy groups -OCH3 is 1. The zero-order valence-corrected chi connectivity index (χ0v) is 11.3. The van der Waals surface area contributed by atoms with Gasteiger partial charge in [0.1, 0.15) is 5.70 Å². The van der Waals surface area contributed by atoms with Crippen molar-refractivity contribution in [1.29, 1.82) is 0 Å². The number of carbonyl (C=O) groups excluding carboxylic acids is 1. The number of aromatic nitrogens is 1. The van der Waals surface area contributed by atoms with E-state index in [9.17, 15) is 4.79 Å². The highest BCUT2D eigenvalue weighted by molar-refractivity contribution is 6.13. The number of nitrogens with one attached hydrogen (secondary N) is 1. The molecule has 0 radical (unpaired) electrons. The zero-order valence-electron chi connectivity index (χ0n) is 11.3. The average Bonchev–Trinajstić information content (AvgIpc) is 2.85. The first-order valence-electron chi connectivity index (χ1n) is 6.95. The maximum Gasteiger partial charge on any atom is 0.354 e. The van der Waals surface area contributed by atoms with Crippen LogP contribution in [0.15, 0.2) is 30.3 Å². The molecule has 0 spiro atoms. The number of hydrogen-bond donors (Lipinski definition) is 1. The molecule has 2 aliphatic heterocycles. The van der Waals surface area contributed by atoms with Crippen molar-refractivity contribution in [3.8, 4) is 0 Å². The van der Waals surface area contributed by atoms with Crippen LogP contribution in [0.1, 0.15) is 23.7 Å². The predicted molar refractivity (Wildman–Crippen MR) is 77.3 cm³/mol. The molecule has 2 aromatic rings. The van der Waals surface area contributed by atoms with Gasteiger partial charge in [0.15, 0.2) is 0 Å². The molecular weight excluding hydrogens is 252 g/mol. The lowest BCUT2D eigenvalue weighted by Crippen LogP contribution is -2.33. The van der Waals surface area contributed by atoms with E-state index in [1.807, 2.05) is 12.1 Å². The number of hydrogen-bond acceptors (Lipinski definition) is 3. The molecule has 20 heavy (non-hydrogen) atoms. The van der Waals surface area contributed by atoms with Crippen LogP contribution in [0.25, 0.3) is 16.6 Å². The number of para-hydroxylation sites is 1. The Morgan fingerprint density at radius 1 is 1.40 bits per heavy atom. The van der Waals surface area contributed by atoms with Crippen LogP contribution < -0.4 is 5.32 Å². The summed E-state index contributed by atoms with van der Waals surface area (Å²) in [4.78, 5) is 12.1. The molecule has 1 N–H and O–H groups in total. The van der Waals surface area contributed by atoms with E-state index in [0.717, 1.165) is 24.9 Å². The first-order valence-corrected chi connectivity index (χ1v) is 6.95. The first kappa shape index (κ1) is 11.7. The van der Waals surface area contributed by atoms with Gasteiger partial charge < -0.3 is 14.6 Å². The van der Waals surface area contributed by atoms with Crippen LogP contribution in [0, 0.1) is 0 Å². The summed E-state index contributed by atoms with van der Waals surface area (Å²) in [5, 5.41) is 4.79. The van der Waals surface area contributed by atoms with Gasteiger partial charge in [0, 0.05) is 11.1 Å². The number of esters is 1. The Hall–Kier alpha value is -2.07. The fourth-order valence-electron chi connectivity index (χ4n) is 3.48. The summed E-state index contributed by atoms with van der Waals surface area (Å²) in [6.45, 7) is 0.993. The minimum Gasteiger partial charge on any atom is -0.464 e. The van der Waals surface area contributed by atoms with E-state index >= 15 is 0 Å². The number of ether oxygens (including phenoxy) is 1. The Morgan fingerprint density at radius 2 is 2.25 bits per heavy atom. The van der Waals surface area contributed by atoms with Gasteiger partial charge >= 0.3 is 5.97 Å². The van der Waals surface area contributed by atoms with Crippen LogP contribution in [-0.2, 0) is 16.0 Å². The SMILES string of the molecule is COC(=O)C1=CC[C@H]2NCCc3c2n1c1ccccc31. The van der Waals surface area contributed by atoms with Crippen molar-refractivity contribution in [3.63, 3.8) is 0 Å². The second-order valence-electron chi connectivity index (χ2n) is 5.29. The molecule has 3 heterocycles.